The Morgan fingerprint density at radius 1 is 1.38 bits per heavy atom. The summed E-state index contributed by atoms with van der Waals surface area (Å²) in [7, 11) is 0. The SMILES string of the molecule is C=C(N)/C(F)=C(C)\N=C(/C)c1n[nH]c2c(F)cc(C)cc12. The number of aromatic amines is 1. The summed E-state index contributed by atoms with van der Waals surface area (Å²) in [6.07, 6.45) is 0. The number of nitrogens with one attached hydrogen (secondary N) is 1. The molecule has 21 heavy (non-hydrogen) atoms. The molecule has 0 saturated carbocycles. The Bertz CT molecular complexity index is 784. The molecule has 1 aromatic carbocycles. The van der Waals surface area contributed by atoms with Crippen LogP contribution in [-0.2, 0) is 0 Å². The van der Waals surface area contributed by atoms with E-state index in [1.807, 2.05) is 0 Å². The van der Waals surface area contributed by atoms with Crippen LogP contribution < -0.4 is 5.73 Å². The highest BCUT2D eigenvalue weighted by Crippen LogP contribution is 2.22. The summed E-state index contributed by atoms with van der Waals surface area (Å²) in [6, 6.07) is 3.22. The minimum atomic E-state index is -0.670. The topological polar surface area (TPSA) is 67.1 Å². The molecule has 3 N–H and O–H groups in total. The van der Waals surface area contributed by atoms with Crippen LogP contribution in [0.25, 0.3) is 10.9 Å². The normalized spacial score (nSPS) is 13.5. The fourth-order valence-corrected chi connectivity index (χ4v) is 2.08. The van der Waals surface area contributed by atoms with E-state index in [0.29, 0.717) is 22.3 Å². The molecule has 0 bridgehead atoms. The molecule has 0 radical (unpaired) electrons. The zero-order chi connectivity index (χ0) is 15.7. The van der Waals surface area contributed by atoms with Gasteiger partial charge in [0.2, 0.25) is 0 Å². The van der Waals surface area contributed by atoms with E-state index < -0.39 is 5.83 Å². The van der Waals surface area contributed by atoms with Crippen molar-refractivity contribution < 1.29 is 8.78 Å². The highest BCUT2D eigenvalue weighted by Gasteiger charge is 2.13. The second kappa shape index (κ2) is 5.47. The van der Waals surface area contributed by atoms with Crippen LogP contribution >= 0.6 is 0 Å². The molecular formula is C15H16F2N4. The molecule has 0 unspecified atom stereocenters. The van der Waals surface area contributed by atoms with Gasteiger partial charge in [0.1, 0.15) is 17.0 Å². The van der Waals surface area contributed by atoms with Crippen molar-refractivity contribution in [2.24, 2.45) is 10.7 Å². The van der Waals surface area contributed by atoms with E-state index in [2.05, 4.69) is 21.8 Å². The van der Waals surface area contributed by atoms with Gasteiger partial charge in [-0.1, -0.05) is 6.58 Å². The molecule has 0 aliphatic rings. The third-order valence-corrected chi connectivity index (χ3v) is 3.05. The van der Waals surface area contributed by atoms with Crippen molar-refractivity contribution >= 4 is 16.6 Å². The second-order valence-corrected chi connectivity index (χ2v) is 4.86. The zero-order valence-corrected chi connectivity index (χ0v) is 12.1. The number of nitrogens with two attached hydrogens (primary N) is 1. The van der Waals surface area contributed by atoms with Gasteiger partial charge < -0.3 is 5.73 Å². The Labute approximate surface area is 121 Å². The second-order valence-electron chi connectivity index (χ2n) is 4.86. The van der Waals surface area contributed by atoms with Crippen LogP contribution in [0.3, 0.4) is 0 Å². The number of benzene rings is 1. The first-order chi connectivity index (χ1) is 9.81. The summed E-state index contributed by atoms with van der Waals surface area (Å²) in [5.41, 5.74) is 7.21. The van der Waals surface area contributed by atoms with Gasteiger partial charge >= 0.3 is 0 Å². The molecule has 0 spiro atoms. The van der Waals surface area contributed by atoms with Crippen LogP contribution in [0.5, 0.6) is 0 Å². The van der Waals surface area contributed by atoms with Crippen LogP contribution in [0, 0.1) is 12.7 Å². The number of aromatic nitrogens is 2. The van der Waals surface area contributed by atoms with Crippen molar-refractivity contribution in [2.75, 3.05) is 0 Å². The van der Waals surface area contributed by atoms with Crippen molar-refractivity contribution in [3.8, 4) is 0 Å². The molecule has 0 amide bonds. The zero-order valence-electron chi connectivity index (χ0n) is 12.1. The average molecular weight is 290 g/mol. The maximum Gasteiger partial charge on any atom is 0.166 e. The van der Waals surface area contributed by atoms with E-state index in [-0.39, 0.29) is 17.2 Å². The average Bonchev–Trinajstić information content (AvgIpc) is 2.81. The van der Waals surface area contributed by atoms with Gasteiger partial charge in [0.15, 0.2) is 5.83 Å². The highest BCUT2D eigenvalue weighted by molar-refractivity contribution is 6.08. The number of fused-ring (bicyclic) bond motifs is 1. The molecule has 2 aromatic rings. The quantitative estimate of drug-likeness (QED) is 0.671. The molecule has 0 aliphatic heterocycles. The molecule has 6 heteroatoms. The predicted octanol–water partition coefficient (Wildman–Crippen LogP) is 3.49. The maximum absolute atomic E-state index is 13.8. The number of hydrogen-bond acceptors (Lipinski definition) is 3. The lowest BCUT2D eigenvalue weighted by atomic mass is 10.1. The van der Waals surface area contributed by atoms with Crippen molar-refractivity contribution in [3.63, 3.8) is 0 Å². The largest absolute Gasteiger partial charge is 0.397 e. The number of aliphatic imine (C=N–C) groups is 1. The van der Waals surface area contributed by atoms with Crippen LogP contribution in [0.2, 0.25) is 0 Å². The Morgan fingerprint density at radius 2 is 2.05 bits per heavy atom. The third kappa shape index (κ3) is 2.84. The number of aryl methyl sites for hydroxylation is 1. The Hall–Kier alpha value is -2.50. The molecule has 0 saturated heterocycles. The van der Waals surface area contributed by atoms with Crippen molar-refractivity contribution in [2.45, 2.75) is 20.8 Å². The molecule has 1 aromatic heterocycles. The van der Waals surface area contributed by atoms with Gasteiger partial charge in [-0.15, -0.1) is 0 Å². The van der Waals surface area contributed by atoms with Crippen LogP contribution in [0.15, 0.2) is 40.9 Å². The first-order valence-corrected chi connectivity index (χ1v) is 6.32. The van der Waals surface area contributed by atoms with E-state index in [0.717, 1.165) is 5.56 Å². The minimum Gasteiger partial charge on any atom is -0.397 e. The smallest absolute Gasteiger partial charge is 0.166 e. The van der Waals surface area contributed by atoms with E-state index >= 15 is 0 Å². The fraction of sp³-hybridized carbons (Fsp3) is 0.200. The monoisotopic (exact) mass is 290 g/mol. The summed E-state index contributed by atoms with van der Waals surface area (Å²) in [4.78, 5) is 4.13. The van der Waals surface area contributed by atoms with Crippen LogP contribution in [-0.4, -0.2) is 15.9 Å². The summed E-state index contributed by atoms with van der Waals surface area (Å²) in [5.74, 6) is -1.05. The molecule has 0 fully saturated rings. The van der Waals surface area contributed by atoms with Gasteiger partial charge in [-0.3, -0.25) is 10.1 Å². The molecule has 110 valence electrons. The summed E-state index contributed by atoms with van der Waals surface area (Å²) in [6.45, 7) is 8.27. The summed E-state index contributed by atoms with van der Waals surface area (Å²) >= 11 is 0. The molecule has 0 aliphatic carbocycles. The van der Waals surface area contributed by atoms with E-state index in [1.165, 1.54) is 13.0 Å². The van der Waals surface area contributed by atoms with Crippen molar-refractivity contribution in [1.82, 2.24) is 10.2 Å². The number of rotatable bonds is 3. The van der Waals surface area contributed by atoms with Gasteiger partial charge in [-0.25, -0.2) is 8.78 Å². The fourth-order valence-electron chi connectivity index (χ4n) is 2.08. The van der Waals surface area contributed by atoms with Gasteiger partial charge in [0.05, 0.1) is 17.1 Å². The van der Waals surface area contributed by atoms with Gasteiger partial charge in [0.25, 0.3) is 0 Å². The molecule has 2 rings (SSSR count). The number of hydrogen-bond donors (Lipinski definition) is 2. The lowest BCUT2D eigenvalue weighted by Crippen LogP contribution is -2.00. The van der Waals surface area contributed by atoms with Crippen LogP contribution in [0.1, 0.15) is 25.1 Å². The first-order valence-electron chi connectivity index (χ1n) is 6.32. The summed E-state index contributed by atoms with van der Waals surface area (Å²) < 4.78 is 27.4. The number of nitrogens with zero attached hydrogens (tertiary/aromatic N) is 2. The van der Waals surface area contributed by atoms with E-state index in [4.69, 9.17) is 5.73 Å². The van der Waals surface area contributed by atoms with Gasteiger partial charge in [-0.05, 0) is 38.5 Å². The maximum atomic E-state index is 13.8. The highest BCUT2D eigenvalue weighted by atomic mass is 19.1. The lowest BCUT2D eigenvalue weighted by Gasteiger charge is -2.02. The molecule has 0 atom stereocenters. The van der Waals surface area contributed by atoms with Crippen molar-refractivity contribution in [1.29, 1.82) is 0 Å². The number of allylic oxidation sites excluding steroid dienone is 2. The number of halogens is 2. The number of H-pyrrole nitrogens is 1. The lowest BCUT2D eigenvalue weighted by molar-refractivity contribution is 0.635. The van der Waals surface area contributed by atoms with Crippen LogP contribution in [0.4, 0.5) is 8.78 Å². The Balaban J connectivity index is 2.57. The Kier molecular flexibility index (Phi) is 3.88. The van der Waals surface area contributed by atoms with E-state index in [9.17, 15) is 8.78 Å². The Morgan fingerprint density at radius 3 is 2.67 bits per heavy atom. The van der Waals surface area contributed by atoms with Crippen molar-refractivity contribution in [3.05, 3.63) is 53.0 Å². The van der Waals surface area contributed by atoms with E-state index in [1.54, 1.807) is 19.9 Å². The standard InChI is InChI=1S/C15H16F2N4/c1-7-5-11-14(20-21-15(11)12(16)6-7)10(4)19-9(3)13(17)8(2)18/h5-6H,2,18H2,1,3-4H3,(H,20,21)/b13-9+,19-10+. The molecular weight excluding hydrogens is 274 g/mol. The molecule has 4 nitrogen and oxygen atoms in total. The third-order valence-electron chi connectivity index (χ3n) is 3.05. The summed E-state index contributed by atoms with van der Waals surface area (Å²) in [5, 5.41) is 7.30. The van der Waals surface area contributed by atoms with Gasteiger partial charge in [-0.2, -0.15) is 5.10 Å². The minimum absolute atomic E-state index is 0.101. The predicted molar refractivity (Wildman–Crippen MR) is 80.1 cm³/mol. The van der Waals surface area contributed by atoms with Gasteiger partial charge in [0, 0.05) is 5.39 Å². The first kappa shape index (κ1) is 14.9. The molecule has 1 heterocycles.